The molecule has 0 aliphatic rings. The number of benzene rings is 1. The molecule has 0 aromatic heterocycles. The molecule has 0 bridgehead atoms. The van der Waals surface area contributed by atoms with E-state index in [4.69, 9.17) is 16.3 Å². The van der Waals surface area contributed by atoms with E-state index in [1.165, 1.54) is 0 Å². The summed E-state index contributed by atoms with van der Waals surface area (Å²) in [5.41, 5.74) is 1.96. The zero-order chi connectivity index (χ0) is 11.4. The number of aldehydes is 1. The molecule has 0 unspecified atom stereocenters. The minimum atomic E-state index is -0.309. The van der Waals surface area contributed by atoms with Crippen molar-refractivity contribution in [1.29, 1.82) is 0 Å². The molecule has 0 saturated heterocycles. The van der Waals surface area contributed by atoms with Gasteiger partial charge in [-0.05, 0) is 29.7 Å². The molecule has 4 heteroatoms. The van der Waals surface area contributed by atoms with Gasteiger partial charge in [0.15, 0.2) is 0 Å². The van der Waals surface area contributed by atoms with Crippen molar-refractivity contribution in [2.24, 2.45) is 0 Å². The van der Waals surface area contributed by atoms with Crippen molar-refractivity contribution in [2.45, 2.75) is 18.2 Å². The minimum absolute atomic E-state index is 0.309. The summed E-state index contributed by atoms with van der Waals surface area (Å²) in [5, 5.41) is 0.524. The Morgan fingerprint density at radius 1 is 1.60 bits per heavy atom. The van der Waals surface area contributed by atoms with Crippen molar-refractivity contribution in [3.05, 3.63) is 28.3 Å². The van der Waals surface area contributed by atoms with Gasteiger partial charge in [-0.2, -0.15) is 0 Å². The Balaban J connectivity index is 3.26. The van der Waals surface area contributed by atoms with E-state index in [0.717, 1.165) is 23.8 Å². The predicted molar refractivity (Wildman–Crippen MR) is 65.1 cm³/mol. The van der Waals surface area contributed by atoms with Crippen molar-refractivity contribution in [3.8, 4) is 5.75 Å². The van der Waals surface area contributed by atoms with Gasteiger partial charge >= 0.3 is 0 Å². The maximum Gasteiger partial charge on any atom is 0.138 e. The Labute approximate surface area is 103 Å². The molecule has 0 radical (unpaired) electrons. The second kappa shape index (κ2) is 5.52. The first kappa shape index (κ1) is 12.5. The van der Waals surface area contributed by atoms with Crippen LogP contribution in [0.25, 0.3) is 0 Å². The van der Waals surface area contributed by atoms with Crippen LogP contribution < -0.4 is 4.74 Å². The third-order valence-corrected chi connectivity index (χ3v) is 3.22. The Hall–Kier alpha value is -0.540. The van der Waals surface area contributed by atoms with Gasteiger partial charge in [0.25, 0.3) is 0 Å². The smallest absolute Gasteiger partial charge is 0.138 e. The number of hydrogen-bond acceptors (Lipinski definition) is 2. The molecule has 82 valence electrons. The number of methoxy groups -OCH3 is 1. The molecule has 1 atom stereocenters. The molecule has 0 aliphatic heterocycles. The minimum Gasteiger partial charge on any atom is -0.495 e. The highest BCUT2D eigenvalue weighted by Crippen LogP contribution is 2.33. The third-order valence-electron chi connectivity index (χ3n) is 2.21. The largest absolute Gasteiger partial charge is 0.495 e. The van der Waals surface area contributed by atoms with Crippen molar-refractivity contribution in [2.75, 3.05) is 7.11 Å². The van der Waals surface area contributed by atoms with Crippen molar-refractivity contribution >= 4 is 33.8 Å². The topological polar surface area (TPSA) is 26.3 Å². The molecular weight excluding hydrogens is 279 g/mol. The number of carbonyl (C=O) groups excluding carboxylic acids is 1. The predicted octanol–water partition coefficient (Wildman–Crippen LogP) is 3.55. The molecule has 1 rings (SSSR count). The number of carbonyl (C=O) groups is 1. The van der Waals surface area contributed by atoms with Crippen LogP contribution in [0.1, 0.15) is 22.9 Å². The summed E-state index contributed by atoms with van der Waals surface area (Å²) in [6, 6.07) is 3.64. The van der Waals surface area contributed by atoms with Gasteiger partial charge in [-0.15, -0.1) is 0 Å². The van der Waals surface area contributed by atoms with Crippen molar-refractivity contribution in [3.63, 3.8) is 0 Å². The Morgan fingerprint density at radius 3 is 2.73 bits per heavy atom. The van der Waals surface area contributed by atoms with Crippen LogP contribution in [-0.2, 0) is 11.2 Å². The highest BCUT2D eigenvalue weighted by atomic mass is 79.9. The molecule has 0 N–H and O–H groups in total. The molecule has 0 heterocycles. The molecular formula is C11H12BrClO2. The summed E-state index contributed by atoms with van der Waals surface area (Å²) in [4.78, 5) is 10.4. The summed E-state index contributed by atoms with van der Waals surface area (Å²) in [6.07, 6.45) is 1.68. The lowest BCUT2D eigenvalue weighted by atomic mass is 10.0. The maximum absolute atomic E-state index is 10.7. The van der Waals surface area contributed by atoms with Crippen LogP contribution in [0.15, 0.2) is 12.1 Å². The number of rotatable bonds is 4. The van der Waals surface area contributed by atoms with E-state index < -0.39 is 0 Å². The second-order valence-corrected chi connectivity index (χ2v) is 4.47. The summed E-state index contributed by atoms with van der Waals surface area (Å²) in [6.45, 7) is 2.02. The summed E-state index contributed by atoms with van der Waals surface area (Å²) < 4.78 is 5.12. The van der Waals surface area contributed by atoms with Gasteiger partial charge in [0, 0.05) is 0 Å². The zero-order valence-corrected chi connectivity index (χ0v) is 10.9. The molecule has 15 heavy (non-hydrogen) atoms. The highest BCUT2D eigenvalue weighted by Gasteiger charge is 2.14. The van der Waals surface area contributed by atoms with Crippen LogP contribution >= 0.6 is 27.5 Å². The second-order valence-electron chi connectivity index (χ2n) is 3.08. The van der Waals surface area contributed by atoms with Crippen LogP contribution in [0.2, 0.25) is 5.02 Å². The van der Waals surface area contributed by atoms with E-state index in [1.54, 1.807) is 13.2 Å². The number of alkyl halides is 1. The number of halogens is 2. The average Bonchev–Trinajstić information content (AvgIpc) is 2.27. The van der Waals surface area contributed by atoms with Gasteiger partial charge < -0.3 is 9.53 Å². The molecule has 0 aliphatic carbocycles. The van der Waals surface area contributed by atoms with Gasteiger partial charge in [-0.25, -0.2) is 0 Å². The molecule has 2 nitrogen and oxygen atoms in total. The average molecular weight is 292 g/mol. The SMILES string of the molecule is CCc1cc(OC)c(Cl)cc1[C@H](Br)C=O. The fourth-order valence-corrected chi connectivity index (χ4v) is 2.08. The zero-order valence-electron chi connectivity index (χ0n) is 8.59. The number of ether oxygens (including phenoxy) is 1. The van der Waals surface area contributed by atoms with Crippen LogP contribution in [0.4, 0.5) is 0 Å². The van der Waals surface area contributed by atoms with Crippen molar-refractivity contribution < 1.29 is 9.53 Å². The van der Waals surface area contributed by atoms with Crippen LogP contribution in [0, 0.1) is 0 Å². The van der Waals surface area contributed by atoms with Gasteiger partial charge in [0.1, 0.15) is 12.0 Å². The van der Waals surface area contributed by atoms with Crippen LogP contribution in [0.5, 0.6) is 5.75 Å². The first-order chi connectivity index (χ1) is 7.13. The lowest BCUT2D eigenvalue weighted by Crippen LogP contribution is -1.99. The molecule has 0 amide bonds. The number of hydrogen-bond donors (Lipinski definition) is 0. The van der Waals surface area contributed by atoms with Gasteiger partial charge in [0.05, 0.1) is 17.0 Å². The molecule has 1 aromatic carbocycles. The summed E-state index contributed by atoms with van der Waals surface area (Å²) >= 11 is 9.29. The van der Waals surface area contributed by atoms with Crippen LogP contribution in [0.3, 0.4) is 0 Å². The third kappa shape index (κ3) is 2.73. The van der Waals surface area contributed by atoms with E-state index in [-0.39, 0.29) is 4.83 Å². The first-order valence-electron chi connectivity index (χ1n) is 4.59. The van der Waals surface area contributed by atoms with E-state index in [2.05, 4.69) is 15.9 Å². The highest BCUT2D eigenvalue weighted by molar-refractivity contribution is 9.09. The lowest BCUT2D eigenvalue weighted by Gasteiger charge is -2.12. The molecule has 1 aromatic rings. The quantitative estimate of drug-likeness (QED) is 0.626. The lowest BCUT2D eigenvalue weighted by molar-refractivity contribution is -0.107. The van der Waals surface area contributed by atoms with E-state index >= 15 is 0 Å². The molecule has 0 fully saturated rings. The first-order valence-corrected chi connectivity index (χ1v) is 5.89. The van der Waals surface area contributed by atoms with E-state index in [9.17, 15) is 4.79 Å². The molecule has 0 saturated carbocycles. The molecule has 0 spiro atoms. The van der Waals surface area contributed by atoms with E-state index in [0.29, 0.717) is 10.8 Å². The Morgan fingerprint density at radius 2 is 2.27 bits per heavy atom. The monoisotopic (exact) mass is 290 g/mol. The number of aryl methyl sites for hydroxylation is 1. The van der Waals surface area contributed by atoms with Gasteiger partial charge in [-0.1, -0.05) is 34.5 Å². The van der Waals surface area contributed by atoms with E-state index in [1.807, 2.05) is 13.0 Å². The Bertz CT molecular complexity index is 366. The summed E-state index contributed by atoms with van der Waals surface area (Å²) in [7, 11) is 1.58. The van der Waals surface area contributed by atoms with Crippen LogP contribution in [-0.4, -0.2) is 13.4 Å². The normalized spacial score (nSPS) is 12.3. The van der Waals surface area contributed by atoms with Gasteiger partial charge in [-0.3, -0.25) is 0 Å². The van der Waals surface area contributed by atoms with Gasteiger partial charge in [0.2, 0.25) is 0 Å². The maximum atomic E-state index is 10.7. The van der Waals surface area contributed by atoms with Crippen molar-refractivity contribution in [1.82, 2.24) is 0 Å². The standard InChI is InChI=1S/C11H12BrClO2/c1-3-7-4-11(15-2)10(13)5-8(7)9(12)6-14/h4-6,9H,3H2,1-2H3/t9-/m1/s1. The fraction of sp³-hybridized carbons (Fsp3) is 0.364. The summed E-state index contributed by atoms with van der Waals surface area (Å²) in [5.74, 6) is 0.642. The fourth-order valence-electron chi connectivity index (χ4n) is 1.40. The Kier molecular flexibility index (Phi) is 4.61.